The second-order valence-corrected chi connectivity index (χ2v) is 4.69. The van der Waals surface area contributed by atoms with Gasteiger partial charge in [0.15, 0.2) is 0 Å². The Morgan fingerprint density at radius 2 is 2.00 bits per heavy atom. The number of benzene rings is 1. The van der Waals surface area contributed by atoms with Crippen LogP contribution in [0.15, 0.2) is 24.3 Å². The molecule has 1 aliphatic rings. The summed E-state index contributed by atoms with van der Waals surface area (Å²) in [6, 6.07) is 5.77. The van der Waals surface area contributed by atoms with Crippen molar-refractivity contribution in [3.05, 3.63) is 24.3 Å². The fourth-order valence-corrected chi connectivity index (χ4v) is 2.14. The first-order valence-corrected chi connectivity index (χ1v) is 6.74. The molecule has 7 heteroatoms. The van der Waals surface area contributed by atoms with Crippen molar-refractivity contribution in [2.45, 2.75) is 19.6 Å². The number of alkyl halides is 2. The molecule has 1 aromatic rings. The van der Waals surface area contributed by atoms with E-state index >= 15 is 0 Å². The highest BCUT2D eigenvalue weighted by Crippen LogP contribution is 2.25. The quantitative estimate of drug-likeness (QED) is 0.903. The molecule has 2 rings (SSSR count). The lowest BCUT2D eigenvalue weighted by Crippen LogP contribution is -2.47. The number of nitrogens with zero attached hydrogens (tertiary/aromatic N) is 1. The lowest BCUT2D eigenvalue weighted by Gasteiger charge is -2.31. The van der Waals surface area contributed by atoms with Gasteiger partial charge < -0.3 is 14.8 Å². The van der Waals surface area contributed by atoms with Crippen molar-refractivity contribution in [1.82, 2.24) is 4.90 Å². The highest BCUT2D eigenvalue weighted by molar-refractivity contribution is 5.95. The van der Waals surface area contributed by atoms with Crippen molar-refractivity contribution in [3.8, 4) is 5.75 Å². The van der Waals surface area contributed by atoms with E-state index < -0.39 is 6.61 Å². The Kier molecular flexibility index (Phi) is 5.46. The first-order valence-electron chi connectivity index (χ1n) is 6.74. The molecule has 0 aromatic heterocycles. The molecule has 5 nitrogen and oxygen atoms in total. The minimum Gasteiger partial charge on any atom is -0.433 e. The summed E-state index contributed by atoms with van der Waals surface area (Å²) in [5, 5.41) is 2.63. The number of ether oxygens (including phenoxy) is 2. The molecular weight excluding hydrogens is 282 g/mol. The number of rotatable bonds is 5. The predicted molar refractivity (Wildman–Crippen MR) is 73.6 cm³/mol. The van der Waals surface area contributed by atoms with Crippen LogP contribution >= 0.6 is 0 Å². The van der Waals surface area contributed by atoms with Gasteiger partial charge in [-0.1, -0.05) is 12.1 Å². The van der Waals surface area contributed by atoms with Crippen molar-refractivity contribution < 1.29 is 23.0 Å². The number of carbonyl (C=O) groups excluding carboxylic acids is 1. The van der Waals surface area contributed by atoms with Crippen LogP contribution in [-0.2, 0) is 9.53 Å². The molecule has 1 aliphatic heterocycles. The van der Waals surface area contributed by atoms with Crippen LogP contribution in [0.2, 0.25) is 0 Å². The van der Waals surface area contributed by atoms with E-state index in [4.69, 9.17) is 4.74 Å². The smallest absolute Gasteiger partial charge is 0.387 e. The first kappa shape index (κ1) is 15.7. The van der Waals surface area contributed by atoms with Gasteiger partial charge in [-0.2, -0.15) is 8.78 Å². The van der Waals surface area contributed by atoms with Gasteiger partial charge in [-0.15, -0.1) is 0 Å². The van der Waals surface area contributed by atoms with Crippen molar-refractivity contribution in [3.63, 3.8) is 0 Å². The van der Waals surface area contributed by atoms with Gasteiger partial charge in [0.1, 0.15) is 5.75 Å². The summed E-state index contributed by atoms with van der Waals surface area (Å²) in [4.78, 5) is 14.2. The third kappa shape index (κ3) is 4.37. The number of para-hydroxylation sites is 2. The molecule has 21 heavy (non-hydrogen) atoms. The zero-order chi connectivity index (χ0) is 15.2. The lowest BCUT2D eigenvalue weighted by molar-refractivity contribution is -0.122. The molecule has 1 aromatic carbocycles. The van der Waals surface area contributed by atoms with E-state index in [1.807, 2.05) is 4.90 Å². The normalized spacial score (nSPS) is 17.5. The largest absolute Gasteiger partial charge is 0.433 e. The highest BCUT2D eigenvalue weighted by Gasteiger charge is 2.24. The van der Waals surface area contributed by atoms with E-state index in [1.165, 1.54) is 12.1 Å². The summed E-state index contributed by atoms with van der Waals surface area (Å²) < 4.78 is 34.3. The average Bonchev–Trinajstić information content (AvgIpc) is 2.49. The van der Waals surface area contributed by atoms with Crippen molar-refractivity contribution in [2.75, 3.05) is 31.6 Å². The fourth-order valence-electron chi connectivity index (χ4n) is 2.14. The van der Waals surface area contributed by atoms with Gasteiger partial charge in [-0.3, -0.25) is 9.69 Å². The number of carbonyl (C=O) groups is 1. The fraction of sp³-hybridized carbons (Fsp3) is 0.500. The van der Waals surface area contributed by atoms with Crippen LogP contribution in [0.25, 0.3) is 0 Å². The molecule has 1 N–H and O–H groups in total. The number of amides is 1. The number of halogens is 2. The number of nitrogens with one attached hydrogen (secondary N) is 1. The van der Waals surface area contributed by atoms with Gasteiger partial charge >= 0.3 is 6.61 Å². The molecule has 0 unspecified atom stereocenters. The number of morpholine rings is 1. The van der Waals surface area contributed by atoms with E-state index in [0.717, 1.165) is 0 Å². The molecule has 1 fully saturated rings. The maximum Gasteiger partial charge on any atom is 0.387 e. The summed E-state index contributed by atoms with van der Waals surface area (Å²) in [5.41, 5.74) is 0.239. The third-order valence-electron chi connectivity index (χ3n) is 3.33. The van der Waals surface area contributed by atoms with Crippen LogP contribution in [0.1, 0.15) is 6.92 Å². The topological polar surface area (TPSA) is 50.8 Å². The van der Waals surface area contributed by atoms with Gasteiger partial charge in [-0.05, 0) is 19.1 Å². The van der Waals surface area contributed by atoms with Crippen LogP contribution in [0.5, 0.6) is 5.75 Å². The summed E-state index contributed by atoms with van der Waals surface area (Å²) in [6.07, 6.45) is 0. The Morgan fingerprint density at radius 3 is 2.67 bits per heavy atom. The van der Waals surface area contributed by atoms with Crippen LogP contribution in [0.4, 0.5) is 14.5 Å². The zero-order valence-electron chi connectivity index (χ0n) is 11.7. The molecule has 0 spiro atoms. The molecule has 0 aliphatic carbocycles. The standard InChI is InChI=1S/C14H18F2N2O3/c1-10(18-6-8-20-9-7-18)13(19)17-11-4-2-3-5-12(11)21-14(15)16/h2-5,10,14H,6-9H2,1H3,(H,17,19)/t10-/m0/s1. The Morgan fingerprint density at radius 1 is 1.33 bits per heavy atom. The van der Waals surface area contributed by atoms with Gasteiger partial charge in [0.2, 0.25) is 5.91 Å². The van der Waals surface area contributed by atoms with E-state index in [9.17, 15) is 13.6 Å². The second-order valence-electron chi connectivity index (χ2n) is 4.69. The van der Waals surface area contributed by atoms with Gasteiger partial charge in [0.25, 0.3) is 0 Å². The molecule has 1 heterocycles. The zero-order valence-corrected chi connectivity index (χ0v) is 11.7. The number of anilines is 1. The Hall–Kier alpha value is -1.73. The third-order valence-corrected chi connectivity index (χ3v) is 3.33. The molecule has 0 radical (unpaired) electrons. The molecule has 0 bridgehead atoms. The second kappa shape index (κ2) is 7.33. The summed E-state index contributed by atoms with van der Waals surface area (Å²) in [7, 11) is 0. The maximum atomic E-state index is 12.3. The van der Waals surface area contributed by atoms with E-state index in [2.05, 4.69) is 10.1 Å². The molecule has 1 amide bonds. The van der Waals surface area contributed by atoms with Gasteiger partial charge in [0, 0.05) is 13.1 Å². The van der Waals surface area contributed by atoms with Crippen LogP contribution in [-0.4, -0.2) is 49.8 Å². The number of hydrogen-bond acceptors (Lipinski definition) is 4. The van der Waals surface area contributed by atoms with Crippen molar-refractivity contribution in [1.29, 1.82) is 0 Å². The molecule has 1 atom stereocenters. The van der Waals surface area contributed by atoms with Crippen LogP contribution in [0.3, 0.4) is 0 Å². The Balaban J connectivity index is 2.01. The van der Waals surface area contributed by atoms with E-state index in [-0.39, 0.29) is 23.4 Å². The maximum absolute atomic E-state index is 12.3. The molecule has 1 saturated heterocycles. The predicted octanol–water partition coefficient (Wildman–Crippen LogP) is 1.95. The van der Waals surface area contributed by atoms with E-state index in [0.29, 0.717) is 26.3 Å². The van der Waals surface area contributed by atoms with Gasteiger partial charge in [-0.25, -0.2) is 0 Å². The lowest BCUT2D eigenvalue weighted by atomic mass is 10.2. The van der Waals surface area contributed by atoms with Crippen LogP contribution in [0, 0.1) is 0 Å². The Bertz CT molecular complexity index is 479. The van der Waals surface area contributed by atoms with Crippen molar-refractivity contribution in [2.24, 2.45) is 0 Å². The summed E-state index contributed by atoms with van der Waals surface area (Å²) in [5.74, 6) is -0.308. The van der Waals surface area contributed by atoms with E-state index in [1.54, 1.807) is 19.1 Å². The van der Waals surface area contributed by atoms with Crippen molar-refractivity contribution >= 4 is 11.6 Å². The Labute approximate surface area is 121 Å². The van der Waals surface area contributed by atoms with Gasteiger partial charge in [0.05, 0.1) is 24.9 Å². The van der Waals surface area contributed by atoms with Crippen LogP contribution < -0.4 is 10.1 Å². The monoisotopic (exact) mass is 300 g/mol. The molecule has 0 saturated carbocycles. The minimum atomic E-state index is -2.93. The molecule has 116 valence electrons. The number of hydrogen-bond donors (Lipinski definition) is 1. The SMILES string of the molecule is C[C@@H](C(=O)Nc1ccccc1OC(F)F)N1CCOCC1. The minimum absolute atomic E-state index is 0.0463. The summed E-state index contributed by atoms with van der Waals surface area (Å²) >= 11 is 0. The summed E-state index contributed by atoms with van der Waals surface area (Å²) in [6.45, 7) is 1.36. The average molecular weight is 300 g/mol. The molecular formula is C14H18F2N2O3. The highest BCUT2D eigenvalue weighted by atomic mass is 19.3. The first-order chi connectivity index (χ1) is 10.1.